The lowest BCUT2D eigenvalue weighted by Gasteiger charge is -2.28. The van der Waals surface area contributed by atoms with E-state index in [0.717, 1.165) is 0 Å². The first-order chi connectivity index (χ1) is 8.30. The van der Waals surface area contributed by atoms with Gasteiger partial charge in [-0.25, -0.2) is 4.39 Å². The molecule has 0 saturated heterocycles. The molecule has 0 aliphatic carbocycles. The van der Waals surface area contributed by atoms with E-state index in [1.54, 1.807) is 20.8 Å². The van der Waals surface area contributed by atoms with E-state index in [4.69, 9.17) is 4.74 Å². The van der Waals surface area contributed by atoms with E-state index in [-0.39, 0.29) is 11.1 Å². The molecule has 1 aromatic carbocycles. The normalized spacial score (nSPS) is 13.2. The lowest BCUT2D eigenvalue weighted by molar-refractivity contribution is -0.160. The van der Waals surface area contributed by atoms with Crippen molar-refractivity contribution in [3.8, 4) is 0 Å². The SMILES string of the molecule is CCOC(=O)C(C)(C)C(O)c1ccc(F)c(Br)c1. The third-order valence-electron chi connectivity index (χ3n) is 2.74. The summed E-state index contributed by atoms with van der Waals surface area (Å²) in [5.41, 5.74) is -0.630. The van der Waals surface area contributed by atoms with Crippen molar-refractivity contribution in [3.63, 3.8) is 0 Å². The molecule has 5 heteroatoms. The van der Waals surface area contributed by atoms with Crippen molar-refractivity contribution >= 4 is 21.9 Å². The van der Waals surface area contributed by atoms with E-state index in [9.17, 15) is 14.3 Å². The van der Waals surface area contributed by atoms with Crippen LogP contribution in [0.2, 0.25) is 0 Å². The van der Waals surface area contributed by atoms with Crippen molar-refractivity contribution in [1.29, 1.82) is 0 Å². The lowest BCUT2D eigenvalue weighted by atomic mass is 9.82. The largest absolute Gasteiger partial charge is 0.465 e. The van der Waals surface area contributed by atoms with Gasteiger partial charge in [-0.3, -0.25) is 4.79 Å². The number of rotatable bonds is 4. The summed E-state index contributed by atoms with van der Waals surface area (Å²) >= 11 is 3.05. The Balaban J connectivity index is 3.01. The quantitative estimate of drug-likeness (QED) is 0.867. The average molecular weight is 319 g/mol. The third-order valence-corrected chi connectivity index (χ3v) is 3.35. The van der Waals surface area contributed by atoms with Crippen molar-refractivity contribution in [1.82, 2.24) is 0 Å². The molecule has 0 amide bonds. The van der Waals surface area contributed by atoms with Gasteiger partial charge >= 0.3 is 5.97 Å². The van der Waals surface area contributed by atoms with Gasteiger partial charge in [-0.1, -0.05) is 6.07 Å². The molecular weight excluding hydrogens is 303 g/mol. The van der Waals surface area contributed by atoms with Gasteiger partial charge in [0.05, 0.1) is 22.6 Å². The Morgan fingerprint density at radius 2 is 2.17 bits per heavy atom. The Kier molecular flexibility index (Phi) is 4.87. The Morgan fingerprint density at radius 3 is 2.67 bits per heavy atom. The van der Waals surface area contributed by atoms with Crippen LogP contribution in [0.1, 0.15) is 32.4 Å². The van der Waals surface area contributed by atoms with E-state index in [2.05, 4.69) is 15.9 Å². The van der Waals surface area contributed by atoms with Crippen molar-refractivity contribution < 1.29 is 19.0 Å². The number of aliphatic hydroxyl groups excluding tert-OH is 1. The maximum atomic E-state index is 13.1. The summed E-state index contributed by atoms with van der Waals surface area (Å²) in [6.07, 6.45) is -1.06. The first-order valence-electron chi connectivity index (χ1n) is 5.61. The number of benzene rings is 1. The molecule has 100 valence electrons. The van der Waals surface area contributed by atoms with Crippen LogP contribution in [0.3, 0.4) is 0 Å². The minimum absolute atomic E-state index is 0.249. The highest BCUT2D eigenvalue weighted by Gasteiger charge is 2.38. The number of aliphatic hydroxyl groups is 1. The topological polar surface area (TPSA) is 46.5 Å². The van der Waals surface area contributed by atoms with Crippen molar-refractivity contribution in [2.24, 2.45) is 5.41 Å². The smallest absolute Gasteiger partial charge is 0.314 e. The van der Waals surface area contributed by atoms with Crippen LogP contribution in [0, 0.1) is 11.2 Å². The fourth-order valence-corrected chi connectivity index (χ4v) is 1.92. The molecule has 18 heavy (non-hydrogen) atoms. The molecule has 0 spiro atoms. The second-order valence-electron chi connectivity index (χ2n) is 4.52. The number of carbonyl (C=O) groups excluding carboxylic acids is 1. The molecule has 1 rings (SSSR count). The van der Waals surface area contributed by atoms with Crippen molar-refractivity contribution in [3.05, 3.63) is 34.1 Å². The Bertz CT molecular complexity index is 446. The zero-order valence-corrected chi connectivity index (χ0v) is 12.1. The molecule has 1 atom stereocenters. The maximum absolute atomic E-state index is 13.1. The van der Waals surface area contributed by atoms with Gasteiger partial charge in [-0.2, -0.15) is 0 Å². The summed E-state index contributed by atoms with van der Waals surface area (Å²) in [6, 6.07) is 4.15. The molecule has 0 saturated carbocycles. The minimum Gasteiger partial charge on any atom is -0.465 e. The molecule has 0 radical (unpaired) electrons. The summed E-state index contributed by atoms with van der Waals surface area (Å²) in [6.45, 7) is 5.14. The van der Waals surface area contributed by atoms with Crippen LogP contribution >= 0.6 is 15.9 Å². The molecule has 0 fully saturated rings. The van der Waals surface area contributed by atoms with Gasteiger partial charge in [0, 0.05) is 0 Å². The molecule has 3 nitrogen and oxygen atoms in total. The molecule has 0 aromatic heterocycles. The lowest BCUT2D eigenvalue weighted by Crippen LogP contribution is -2.33. The van der Waals surface area contributed by atoms with Crippen LogP contribution in [0.5, 0.6) is 0 Å². The monoisotopic (exact) mass is 318 g/mol. The zero-order chi connectivity index (χ0) is 13.9. The number of halogens is 2. The Labute approximate surface area is 114 Å². The number of hydrogen-bond donors (Lipinski definition) is 1. The van der Waals surface area contributed by atoms with E-state index in [1.807, 2.05) is 0 Å². The van der Waals surface area contributed by atoms with Crippen LogP contribution in [-0.4, -0.2) is 17.7 Å². The Morgan fingerprint density at radius 1 is 1.56 bits per heavy atom. The second-order valence-corrected chi connectivity index (χ2v) is 5.37. The van der Waals surface area contributed by atoms with Crippen LogP contribution < -0.4 is 0 Å². The number of hydrogen-bond acceptors (Lipinski definition) is 3. The van der Waals surface area contributed by atoms with Crippen LogP contribution in [0.4, 0.5) is 4.39 Å². The van der Waals surface area contributed by atoms with Crippen molar-refractivity contribution in [2.45, 2.75) is 26.9 Å². The minimum atomic E-state index is -1.09. The second kappa shape index (κ2) is 5.80. The first-order valence-corrected chi connectivity index (χ1v) is 6.40. The highest BCUT2D eigenvalue weighted by atomic mass is 79.9. The van der Waals surface area contributed by atoms with Crippen LogP contribution in [0.15, 0.2) is 22.7 Å². The summed E-state index contributed by atoms with van der Waals surface area (Å²) in [5, 5.41) is 10.2. The predicted octanol–water partition coefficient (Wildman–Crippen LogP) is 3.21. The number of ether oxygens (including phenoxy) is 1. The molecule has 1 N–H and O–H groups in total. The van der Waals surface area contributed by atoms with Gasteiger partial charge in [-0.15, -0.1) is 0 Å². The van der Waals surface area contributed by atoms with Gasteiger partial charge in [0.15, 0.2) is 0 Å². The van der Waals surface area contributed by atoms with E-state index in [1.165, 1.54) is 18.2 Å². The van der Waals surface area contributed by atoms with Crippen LogP contribution in [-0.2, 0) is 9.53 Å². The summed E-state index contributed by atoms with van der Waals surface area (Å²) in [7, 11) is 0. The molecule has 0 aliphatic rings. The first kappa shape index (κ1) is 15.1. The van der Waals surface area contributed by atoms with Gasteiger partial charge in [-0.05, 0) is 54.4 Å². The highest BCUT2D eigenvalue weighted by Crippen LogP contribution is 2.35. The zero-order valence-electron chi connectivity index (χ0n) is 10.5. The van der Waals surface area contributed by atoms with Crippen LogP contribution in [0.25, 0.3) is 0 Å². The standard InChI is InChI=1S/C13H16BrFO3/c1-4-18-12(17)13(2,3)11(16)8-5-6-10(15)9(14)7-8/h5-7,11,16H,4H2,1-3H3. The van der Waals surface area contributed by atoms with Gasteiger partial charge < -0.3 is 9.84 Å². The number of esters is 1. The molecule has 0 heterocycles. The molecule has 1 aromatic rings. The molecule has 0 aliphatic heterocycles. The fourth-order valence-electron chi connectivity index (χ4n) is 1.53. The van der Waals surface area contributed by atoms with Gasteiger partial charge in [0.1, 0.15) is 5.82 Å². The predicted molar refractivity (Wildman–Crippen MR) is 69.5 cm³/mol. The highest BCUT2D eigenvalue weighted by molar-refractivity contribution is 9.10. The van der Waals surface area contributed by atoms with E-state index >= 15 is 0 Å². The summed E-state index contributed by atoms with van der Waals surface area (Å²) in [4.78, 5) is 11.8. The average Bonchev–Trinajstić information content (AvgIpc) is 2.32. The number of carbonyl (C=O) groups is 1. The van der Waals surface area contributed by atoms with E-state index < -0.39 is 23.3 Å². The molecule has 1 unspecified atom stereocenters. The molecule has 0 bridgehead atoms. The molecular formula is C13H16BrFO3. The fraction of sp³-hybridized carbons (Fsp3) is 0.462. The summed E-state index contributed by atoms with van der Waals surface area (Å²) in [5.74, 6) is -0.905. The maximum Gasteiger partial charge on any atom is 0.314 e. The Hall–Kier alpha value is -0.940. The summed E-state index contributed by atoms with van der Waals surface area (Å²) < 4.78 is 18.3. The third kappa shape index (κ3) is 3.09. The van der Waals surface area contributed by atoms with Gasteiger partial charge in [0.2, 0.25) is 0 Å². The van der Waals surface area contributed by atoms with Crippen molar-refractivity contribution in [2.75, 3.05) is 6.61 Å². The van der Waals surface area contributed by atoms with Gasteiger partial charge in [0.25, 0.3) is 0 Å². The van der Waals surface area contributed by atoms with E-state index in [0.29, 0.717) is 5.56 Å².